The summed E-state index contributed by atoms with van der Waals surface area (Å²) in [6.45, 7) is 21.6. The molecule has 312 valence electrons. The molecule has 1 aliphatic carbocycles. The standard InChI is InChI=1S/C45H73NO8S/c1-30(2)16-12-17-31(3)18-13-19-32(4)20-14-21-33(5)23-24-37-38(28-46(11)27-15-22-36(46)29-55(50,51)52)40(35(7)34(6)39(37)47)53-42(49)45-26-25-44(10,41(48)54-45)43(45,8)9/h23,30-32,36H,12-22,24-29H2,1-11H3,(H-,47,50,51,52)/b33-23+/t31-,32-,36+,44+,45-,46?/m1/s1. The van der Waals surface area contributed by atoms with Crippen LogP contribution in [-0.4, -0.2) is 65.5 Å². The molecule has 2 heterocycles. The number of rotatable bonds is 20. The summed E-state index contributed by atoms with van der Waals surface area (Å²) in [5.41, 5.74) is 0.609. The molecule has 1 N–H and O–H groups in total. The van der Waals surface area contributed by atoms with Crippen molar-refractivity contribution in [2.75, 3.05) is 19.3 Å². The lowest BCUT2D eigenvalue weighted by Crippen LogP contribution is -2.51. The van der Waals surface area contributed by atoms with Crippen molar-refractivity contribution in [3.63, 3.8) is 0 Å². The minimum absolute atomic E-state index is 0.126. The molecule has 0 spiro atoms. The van der Waals surface area contributed by atoms with Crippen LogP contribution in [0.1, 0.15) is 161 Å². The third-order valence-corrected chi connectivity index (χ3v) is 15.4. The average molecular weight is 788 g/mol. The van der Waals surface area contributed by atoms with E-state index in [1.54, 1.807) is 0 Å². The van der Waals surface area contributed by atoms with Gasteiger partial charge in [0.2, 0.25) is 5.60 Å². The smallest absolute Gasteiger partial charge is 0.356 e. The first kappa shape index (κ1) is 45.3. The first-order chi connectivity index (χ1) is 25.5. The molecule has 55 heavy (non-hydrogen) atoms. The van der Waals surface area contributed by atoms with Crippen LogP contribution in [0.2, 0.25) is 0 Å². The molecule has 2 saturated heterocycles. The van der Waals surface area contributed by atoms with E-state index < -0.39 is 50.3 Å². The number of esters is 2. The number of likely N-dealkylation sites (tertiary alicyclic amines) is 1. The van der Waals surface area contributed by atoms with Crippen LogP contribution in [0.25, 0.3) is 0 Å². The molecular weight excluding hydrogens is 715 g/mol. The minimum atomic E-state index is -4.49. The van der Waals surface area contributed by atoms with E-state index in [2.05, 4.69) is 40.7 Å². The van der Waals surface area contributed by atoms with Crippen LogP contribution in [0.5, 0.6) is 11.5 Å². The zero-order valence-electron chi connectivity index (χ0n) is 36.1. The van der Waals surface area contributed by atoms with E-state index in [1.807, 2.05) is 41.7 Å². The molecule has 1 saturated carbocycles. The Kier molecular flexibility index (Phi) is 14.5. The summed E-state index contributed by atoms with van der Waals surface area (Å²) in [5.74, 6) is 1.18. The summed E-state index contributed by atoms with van der Waals surface area (Å²) >= 11 is 0. The van der Waals surface area contributed by atoms with Crippen molar-refractivity contribution in [2.24, 2.45) is 28.6 Å². The van der Waals surface area contributed by atoms with Gasteiger partial charge in [-0.3, -0.25) is 4.79 Å². The van der Waals surface area contributed by atoms with Crippen LogP contribution in [0.3, 0.4) is 0 Å². The molecule has 3 fully saturated rings. The van der Waals surface area contributed by atoms with E-state index >= 15 is 0 Å². The number of carbonyl (C=O) groups excluding carboxylic acids is 2. The van der Waals surface area contributed by atoms with E-state index in [-0.39, 0.29) is 16.8 Å². The molecule has 2 bridgehead atoms. The van der Waals surface area contributed by atoms with Gasteiger partial charge < -0.3 is 23.6 Å². The number of aromatic hydroxyl groups is 1. The zero-order valence-corrected chi connectivity index (χ0v) is 36.9. The number of phenolic OH excluding ortho intramolecular Hbond substituents is 1. The Balaban J connectivity index is 1.56. The van der Waals surface area contributed by atoms with Gasteiger partial charge in [-0.15, -0.1) is 0 Å². The van der Waals surface area contributed by atoms with Crippen molar-refractivity contribution < 1.29 is 41.6 Å². The molecule has 1 aromatic carbocycles. The van der Waals surface area contributed by atoms with Crippen LogP contribution >= 0.6 is 0 Å². The molecule has 0 radical (unpaired) electrons. The van der Waals surface area contributed by atoms with Crippen LogP contribution in [0, 0.1) is 42.4 Å². The highest BCUT2D eigenvalue weighted by atomic mass is 32.2. The average Bonchev–Trinajstić information content (AvgIpc) is 3.58. The van der Waals surface area contributed by atoms with Gasteiger partial charge in [-0.1, -0.05) is 98.1 Å². The number of fused-ring (bicyclic) bond motifs is 2. The highest BCUT2D eigenvalue weighted by molar-refractivity contribution is 7.85. The van der Waals surface area contributed by atoms with Gasteiger partial charge in [0.1, 0.15) is 34.2 Å². The first-order valence-corrected chi connectivity index (χ1v) is 22.8. The van der Waals surface area contributed by atoms with Crippen molar-refractivity contribution in [1.82, 2.24) is 0 Å². The maximum absolute atomic E-state index is 14.4. The van der Waals surface area contributed by atoms with E-state index in [0.29, 0.717) is 66.1 Å². The Morgan fingerprint density at radius 2 is 1.58 bits per heavy atom. The van der Waals surface area contributed by atoms with Gasteiger partial charge in [0.25, 0.3) is 0 Å². The quantitative estimate of drug-likeness (QED) is 0.0455. The van der Waals surface area contributed by atoms with Gasteiger partial charge in [-0.25, -0.2) is 13.2 Å². The summed E-state index contributed by atoms with van der Waals surface area (Å²) in [7, 11) is -2.54. The number of hydrogen-bond acceptors (Lipinski definition) is 8. The van der Waals surface area contributed by atoms with Crippen LogP contribution in [0.4, 0.5) is 0 Å². The van der Waals surface area contributed by atoms with Crippen LogP contribution in [0.15, 0.2) is 11.6 Å². The van der Waals surface area contributed by atoms with Crippen molar-refractivity contribution >= 4 is 22.1 Å². The van der Waals surface area contributed by atoms with Crippen LogP contribution < -0.4 is 4.74 Å². The van der Waals surface area contributed by atoms with E-state index in [9.17, 15) is 27.7 Å². The minimum Gasteiger partial charge on any atom is -0.748 e. The molecule has 0 amide bonds. The van der Waals surface area contributed by atoms with Crippen molar-refractivity contribution in [1.29, 1.82) is 0 Å². The van der Waals surface area contributed by atoms with Gasteiger partial charge in [0.05, 0.1) is 30.3 Å². The fourth-order valence-corrected chi connectivity index (χ4v) is 10.8. The second kappa shape index (κ2) is 17.6. The van der Waals surface area contributed by atoms with Crippen molar-refractivity contribution in [2.45, 2.75) is 177 Å². The largest absolute Gasteiger partial charge is 0.748 e. The molecule has 3 aliphatic rings. The molecule has 4 rings (SSSR count). The number of allylic oxidation sites excluding steroid dienone is 2. The summed E-state index contributed by atoms with van der Waals surface area (Å²) in [6.07, 6.45) is 15.7. The second-order valence-electron chi connectivity index (χ2n) is 19.4. The Hall–Kier alpha value is -2.43. The highest BCUT2D eigenvalue weighted by Gasteiger charge is 2.76. The van der Waals surface area contributed by atoms with Gasteiger partial charge in [-0.05, 0) is 88.7 Å². The third-order valence-electron chi connectivity index (χ3n) is 14.6. The predicted octanol–water partition coefficient (Wildman–Crippen LogP) is 9.62. The summed E-state index contributed by atoms with van der Waals surface area (Å²) in [6, 6.07) is -0.432. The van der Waals surface area contributed by atoms with Gasteiger partial charge in [-0.2, -0.15) is 0 Å². The van der Waals surface area contributed by atoms with E-state index in [0.717, 1.165) is 37.5 Å². The molecule has 9 nitrogen and oxygen atoms in total. The third kappa shape index (κ3) is 9.82. The fourth-order valence-electron chi connectivity index (χ4n) is 9.82. The number of hydrogen-bond donors (Lipinski definition) is 1. The van der Waals surface area contributed by atoms with Crippen LogP contribution in [-0.2, 0) is 37.4 Å². The predicted molar refractivity (Wildman–Crippen MR) is 218 cm³/mol. The normalized spacial score (nSPS) is 27.5. The molecule has 1 unspecified atom stereocenters. The Morgan fingerprint density at radius 1 is 0.982 bits per heavy atom. The summed E-state index contributed by atoms with van der Waals surface area (Å²) in [4.78, 5) is 27.5. The molecule has 2 aliphatic heterocycles. The second-order valence-corrected chi connectivity index (χ2v) is 20.9. The lowest BCUT2D eigenvalue weighted by Gasteiger charge is -2.38. The highest BCUT2D eigenvalue weighted by Crippen LogP contribution is 2.66. The topological polar surface area (TPSA) is 130 Å². The number of ether oxygens (including phenoxy) is 2. The molecule has 10 heteroatoms. The Bertz CT molecular complexity index is 1700. The number of carbonyl (C=O) groups is 2. The summed E-state index contributed by atoms with van der Waals surface area (Å²) < 4.78 is 48.6. The molecule has 0 aromatic heterocycles. The number of quaternary nitrogens is 1. The lowest BCUT2D eigenvalue weighted by molar-refractivity contribution is -0.931. The monoisotopic (exact) mass is 788 g/mol. The maximum Gasteiger partial charge on any atom is 0.356 e. The number of phenols is 1. The number of benzene rings is 1. The Labute approximate surface area is 333 Å². The first-order valence-electron chi connectivity index (χ1n) is 21.2. The molecular formula is C45H73NO8S. The molecule has 1 aromatic rings. The van der Waals surface area contributed by atoms with Gasteiger partial charge in [0, 0.05) is 23.8 Å². The maximum atomic E-state index is 14.4. The SMILES string of the molecule is C/C(=C\Cc1c(O)c(C)c(C)c(OC(=O)[C@@]23CC[C@@](C)(C(=O)O2)C3(C)C)c1C[N+]1(C)CCC[C@H]1CS(=O)(=O)[O-])CCC[C@H](C)CCC[C@H](C)CCCC(C)C. The van der Waals surface area contributed by atoms with Gasteiger partial charge in [0.15, 0.2) is 0 Å². The number of nitrogens with zero attached hydrogens (tertiary/aromatic N) is 1. The summed E-state index contributed by atoms with van der Waals surface area (Å²) in [5, 5.41) is 11.8. The Morgan fingerprint density at radius 3 is 2.13 bits per heavy atom. The fraction of sp³-hybridized carbons (Fsp3) is 0.778. The zero-order chi connectivity index (χ0) is 41.1. The van der Waals surface area contributed by atoms with E-state index in [4.69, 9.17) is 9.47 Å². The molecule has 6 atom stereocenters. The van der Waals surface area contributed by atoms with Crippen molar-refractivity contribution in [3.05, 3.63) is 33.9 Å². The van der Waals surface area contributed by atoms with Gasteiger partial charge >= 0.3 is 11.9 Å². The van der Waals surface area contributed by atoms with E-state index in [1.165, 1.54) is 44.1 Å². The van der Waals surface area contributed by atoms with Crippen molar-refractivity contribution in [3.8, 4) is 11.5 Å². The lowest BCUT2D eigenvalue weighted by atomic mass is 9.66.